The number of para-hydroxylation sites is 2. The maximum atomic E-state index is 13.4. The number of aromatic nitrogens is 4. The molecule has 6 aromatic rings. The molecular weight excluding hydrogens is 567 g/mol. The van der Waals surface area contributed by atoms with Crippen LogP contribution >= 0.6 is 23.2 Å². The van der Waals surface area contributed by atoms with Crippen molar-refractivity contribution >= 4 is 66.5 Å². The average molecular weight is 590 g/mol. The summed E-state index contributed by atoms with van der Waals surface area (Å²) in [6.45, 7) is 1.78. The van der Waals surface area contributed by atoms with Crippen molar-refractivity contribution in [2.75, 3.05) is 5.32 Å². The van der Waals surface area contributed by atoms with E-state index in [1.165, 1.54) is 0 Å². The van der Waals surface area contributed by atoms with Crippen LogP contribution < -0.4 is 10.0 Å². The van der Waals surface area contributed by atoms with Crippen LogP contribution in [0.1, 0.15) is 11.4 Å². The van der Waals surface area contributed by atoms with Crippen LogP contribution in [0.3, 0.4) is 0 Å². The minimum absolute atomic E-state index is 0.0263. The first-order chi connectivity index (χ1) is 19.3. The predicted molar refractivity (Wildman–Crippen MR) is 160 cm³/mol. The van der Waals surface area contributed by atoms with Crippen LogP contribution in [0, 0.1) is 6.92 Å². The number of hydrogen-bond acceptors (Lipinski definition) is 6. The summed E-state index contributed by atoms with van der Waals surface area (Å²) in [5, 5.41) is 14.7. The number of benzene rings is 4. The summed E-state index contributed by atoms with van der Waals surface area (Å²) in [5.74, 6) is 1.06. The van der Waals surface area contributed by atoms with Gasteiger partial charge in [-0.05, 0) is 48.9 Å². The lowest BCUT2D eigenvalue weighted by Gasteiger charge is -2.14. The molecule has 0 aliphatic heterocycles. The predicted octanol–water partition coefficient (Wildman–Crippen LogP) is 7.01. The molecule has 0 atom stereocenters. The Balaban J connectivity index is 1.33. The van der Waals surface area contributed by atoms with E-state index >= 15 is 0 Å². The largest absolute Gasteiger partial charge is 0.341 e. The van der Waals surface area contributed by atoms with E-state index in [1.54, 1.807) is 37.3 Å². The molecule has 4 aromatic carbocycles. The lowest BCUT2D eigenvalue weighted by atomic mass is 10.0. The zero-order chi connectivity index (χ0) is 27.9. The van der Waals surface area contributed by atoms with E-state index in [2.05, 4.69) is 30.2 Å². The highest BCUT2D eigenvalue weighted by molar-refractivity contribution is 7.89. The van der Waals surface area contributed by atoms with Crippen LogP contribution in [0.4, 0.5) is 11.5 Å². The quantitative estimate of drug-likeness (QED) is 0.185. The third kappa shape index (κ3) is 5.12. The fourth-order valence-corrected chi connectivity index (χ4v) is 6.04. The van der Waals surface area contributed by atoms with Crippen LogP contribution in [0.25, 0.3) is 33.1 Å². The highest BCUT2D eigenvalue weighted by Crippen LogP contribution is 2.34. The normalized spacial score (nSPS) is 11.8. The second-order valence-electron chi connectivity index (χ2n) is 9.20. The van der Waals surface area contributed by atoms with E-state index in [1.807, 2.05) is 54.6 Å². The molecule has 200 valence electrons. The fourth-order valence-electron chi connectivity index (χ4n) is 4.49. The SMILES string of the molecule is Cc1ccc(-c2nnc(Nc3ccc(Cl)c(Cl)c3)c3ccccc23)cc1S(=O)(=O)NCc1nc2ccccc2[nH]1. The highest BCUT2D eigenvalue weighted by Gasteiger charge is 2.20. The Kier molecular flexibility index (Phi) is 6.89. The molecule has 3 N–H and O–H groups in total. The molecule has 40 heavy (non-hydrogen) atoms. The lowest BCUT2D eigenvalue weighted by molar-refractivity contribution is 0.579. The Bertz CT molecular complexity index is 1980. The number of sulfonamides is 1. The minimum Gasteiger partial charge on any atom is -0.341 e. The van der Waals surface area contributed by atoms with Gasteiger partial charge in [0.2, 0.25) is 10.0 Å². The number of halogens is 2. The molecule has 0 aliphatic rings. The molecule has 0 saturated carbocycles. The number of nitrogens with one attached hydrogen (secondary N) is 3. The van der Waals surface area contributed by atoms with Gasteiger partial charge in [-0.2, -0.15) is 0 Å². The Morgan fingerprint density at radius 2 is 1.62 bits per heavy atom. The van der Waals surface area contributed by atoms with Gasteiger partial charge in [0.1, 0.15) is 11.5 Å². The number of fused-ring (bicyclic) bond motifs is 2. The van der Waals surface area contributed by atoms with E-state index in [9.17, 15) is 8.42 Å². The van der Waals surface area contributed by atoms with Gasteiger partial charge in [-0.1, -0.05) is 71.7 Å². The van der Waals surface area contributed by atoms with Crippen LogP contribution in [0.2, 0.25) is 10.0 Å². The summed E-state index contributed by atoms with van der Waals surface area (Å²) in [4.78, 5) is 7.76. The highest BCUT2D eigenvalue weighted by atomic mass is 35.5. The number of H-pyrrole nitrogens is 1. The fraction of sp³-hybridized carbons (Fsp3) is 0.0690. The summed E-state index contributed by atoms with van der Waals surface area (Å²) in [7, 11) is -3.86. The van der Waals surface area contributed by atoms with Gasteiger partial charge < -0.3 is 10.3 Å². The summed E-state index contributed by atoms with van der Waals surface area (Å²) < 4.78 is 29.4. The van der Waals surface area contributed by atoms with Gasteiger partial charge in [0.05, 0.1) is 32.5 Å². The van der Waals surface area contributed by atoms with Gasteiger partial charge in [0.25, 0.3) is 0 Å². The number of anilines is 2. The number of aromatic amines is 1. The molecule has 0 unspecified atom stereocenters. The minimum atomic E-state index is -3.86. The number of aryl methyl sites for hydroxylation is 1. The van der Waals surface area contributed by atoms with E-state index < -0.39 is 10.0 Å². The molecule has 6 rings (SSSR count). The molecule has 11 heteroatoms. The number of imidazole rings is 1. The van der Waals surface area contributed by atoms with Crippen LogP contribution in [0.15, 0.2) is 89.8 Å². The number of rotatable bonds is 7. The zero-order valence-corrected chi connectivity index (χ0v) is 23.4. The molecule has 2 aromatic heterocycles. The Morgan fingerprint density at radius 1 is 0.850 bits per heavy atom. The van der Waals surface area contributed by atoms with Crippen molar-refractivity contribution in [3.63, 3.8) is 0 Å². The van der Waals surface area contributed by atoms with Crippen molar-refractivity contribution < 1.29 is 8.42 Å². The number of hydrogen-bond donors (Lipinski definition) is 3. The Labute approximate surface area is 240 Å². The van der Waals surface area contributed by atoms with Crippen molar-refractivity contribution in [3.05, 3.63) is 106 Å². The van der Waals surface area contributed by atoms with Gasteiger partial charge >= 0.3 is 0 Å². The molecule has 0 radical (unpaired) electrons. The van der Waals surface area contributed by atoms with E-state index in [-0.39, 0.29) is 11.4 Å². The van der Waals surface area contributed by atoms with Gasteiger partial charge in [-0.3, -0.25) is 0 Å². The molecule has 0 aliphatic carbocycles. The molecule has 8 nitrogen and oxygen atoms in total. The molecule has 2 heterocycles. The smallest absolute Gasteiger partial charge is 0.241 e. The third-order valence-corrected chi connectivity index (χ3v) is 8.77. The van der Waals surface area contributed by atoms with Crippen molar-refractivity contribution in [1.82, 2.24) is 24.9 Å². The summed E-state index contributed by atoms with van der Waals surface area (Å²) >= 11 is 12.2. The van der Waals surface area contributed by atoms with Gasteiger partial charge in [-0.15, -0.1) is 10.2 Å². The summed E-state index contributed by atoms with van der Waals surface area (Å²) in [6.07, 6.45) is 0. The molecule has 0 bridgehead atoms. The standard InChI is InChI=1S/C29H22Cl2N6O2S/c1-17-10-11-18(14-26(17)40(38,39)32-16-27-34-24-8-4-5-9-25(24)35-27)28-20-6-2-3-7-21(20)29(37-36-28)33-19-12-13-22(30)23(31)15-19/h2-15,32H,16H2,1H3,(H,33,37)(H,34,35). The first kappa shape index (κ1) is 26.2. The lowest BCUT2D eigenvalue weighted by Crippen LogP contribution is -2.24. The second kappa shape index (κ2) is 10.5. The van der Waals surface area contributed by atoms with Gasteiger partial charge in [0.15, 0.2) is 5.82 Å². The van der Waals surface area contributed by atoms with Crippen molar-refractivity contribution in [1.29, 1.82) is 0 Å². The van der Waals surface area contributed by atoms with E-state index in [4.69, 9.17) is 23.2 Å². The van der Waals surface area contributed by atoms with Crippen molar-refractivity contribution in [3.8, 4) is 11.3 Å². The third-order valence-electron chi connectivity index (χ3n) is 6.49. The Morgan fingerprint density at radius 3 is 2.42 bits per heavy atom. The van der Waals surface area contributed by atoms with Crippen LogP contribution in [-0.4, -0.2) is 28.6 Å². The topological polar surface area (TPSA) is 113 Å². The molecule has 0 spiro atoms. The zero-order valence-electron chi connectivity index (χ0n) is 21.1. The van der Waals surface area contributed by atoms with Crippen molar-refractivity contribution in [2.45, 2.75) is 18.4 Å². The van der Waals surface area contributed by atoms with Crippen LogP contribution in [-0.2, 0) is 16.6 Å². The van der Waals surface area contributed by atoms with Gasteiger partial charge in [-0.25, -0.2) is 18.1 Å². The van der Waals surface area contributed by atoms with E-state index in [0.717, 1.165) is 21.8 Å². The van der Waals surface area contributed by atoms with E-state index in [0.29, 0.717) is 44.2 Å². The summed E-state index contributed by atoms with van der Waals surface area (Å²) in [6, 6.07) is 25.6. The van der Waals surface area contributed by atoms with Crippen molar-refractivity contribution in [2.24, 2.45) is 0 Å². The maximum Gasteiger partial charge on any atom is 0.241 e. The first-order valence-electron chi connectivity index (χ1n) is 12.3. The number of nitrogens with zero attached hydrogens (tertiary/aromatic N) is 3. The molecule has 0 amide bonds. The first-order valence-corrected chi connectivity index (χ1v) is 14.5. The molecule has 0 fully saturated rings. The second-order valence-corrected chi connectivity index (χ2v) is 11.8. The Hall–Kier alpha value is -4.02. The monoisotopic (exact) mass is 588 g/mol. The van der Waals surface area contributed by atoms with Gasteiger partial charge in [0, 0.05) is 22.0 Å². The average Bonchev–Trinajstić information content (AvgIpc) is 3.38. The van der Waals surface area contributed by atoms with Crippen LogP contribution in [0.5, 0.6) is 0 Å². The molecular formula is C29H22Cl2N6O2S. The molecule has 0 saturated heterocycles. The summed E-state index contributed by atoms with van der Waals surface area (Å²) in [5.41, 5.74) is 4.12. The maximum absolute atomic E-state index is 13.4.